The molecule has 0 radical (unpaired) electrons. The normalized spacial score (nSPS) is 13.1. The number of carbonyl (C=O) groups excluding carboxylic acids is 1. The van der Waals surface area contributed by atoms with Crippen LogP contribution in [0.3, 0.4) is 0 Å². The lowest BCUT2D eigenvalue weighted by molar-refractivity contribution is -0.118. The number of nitrogens with two attached hydrogens (primary N) is 1. The van der Waals surface area contributed by atoms with Crippen LogP contribution in [0.15, 0.2) is 0 Å². The quantitative estimate of drug-likeness (QED) is 0.0855. The van der Waals surface area contributed by atoms with E-state index in [1.54, 1.807) is 0 Å². The number of unbranched alkanes of at least 4 members (excludes halogenated alkanes) is 21. The average Bonchev–Trinajstić information content (AvgIpc) is 2.91. The van der Waals surface area contributed by atoms with E-state index in [4.69, 9.17) is 5.73 Å². The highest BCUT2D eigenvalue weighted by Crippen LogP contribution is 2.33. The van der Waals surface area contributed by atoms with Crippen molar-refractivity contribution in [2.75, 3.05) is 0 Å². The first kappa shape index (κ1) is 37.5. The van der Waals surface area contributed by atoms with Gasteiger partial charge in [-0.1, -0.05) is 201 Å². The molecule has 0 saturated carbocycles. The van der Waals surface area contributed by atoms with Crippen molar-refractivity contribution in [2.45, 2.75) is 213 Å². The van der Waals surface area contributed by atoms with Gasteiger partial charge in [-0.25, -0.2) is 0 Å². The van der Waals surface area contributed by atoms with Crippen LogP contribution in [-0.2, 0) is 4.79 Å². The van der Waals surface area contributed by atoms with Crippen molar-refractivity contribution in [1.82, 2.24) is 0 Å². The second kappa shape index (κ2) is 31.0. The lowest BCUT2D eigenvalue weighted by Crippen LogP contribution is -2.16. The van der Waals surface area contributed by atoms with Gasteiger partial charge in [-0.05, 0) is 18.3 Å². The molecular formula is C36H73NO. The van der Waals surface area contributed by atoms with Crippen LogP contribution in [0.25, 0.3) is 0 Å². The summed E-state index contributed by atoms with van der Waals surface area (Å²) in [6, 6.07) is 0. The fourth-order valence-electron chi connectivity index (χ4n) is 6.38. The number of hydrogen-bond acceptors (Lipinski definition) is 1. The van der Waals surface area contributed by atoms with Crippen LogP contribution < -0.4 is 5.73 Å². The number of rotatable bonds is 32. The molecule has 2 unspecified atom stereocenters. The summed E-state index contributed by atoms with van der Waals surface area (Å²) in [6.45, 7) is 6.96. The van der Waals surface area contributed by atoms with E-state index >= 15 is 0 Å². The molecule has 0 aliphatic rings. The average molecular weight is 536 g/mol. The fourth-order valence-corrected chi connectivity index (χ4v) is 6.38. The SMILES string of the molecule is CCCCCCCCCC(CCCCCCCC)C(CCCCCCCCC)CCCCCCCC(N)=O. The Morgan fingerprint density at radius 2 is 0.632 bits per heavy atom. The minimum atomic E-state index is -0.136. The van der Waals surface area contributed by atoms with Gasteiger partial charge in [0.1, 0.15) is 0 Å². The van der Waals surface area contributed by atoms with Crippen LogP contribution in [0.2, 0.25) is 0 Å². The van der Waals surface area contributed by atoms with E-state index in [-0.39, 0.29) is 5.91 Å². The summed E-state index contributed by atoms with van der Waals surface area (Å²) in [6.07, 6.45) is 41.3. The van der Waals surface area contributed by atoms with Crippen LogP contribution in [0.1, 0.15) is 213 Å². The van der Waals surface area contributed by atoms with E-state index in [9.17, 15) is 4.79 Å². The highest BCUT2D eigenvalue weighted by molar-refractivity contribution is 5.73. The first-order valence-corrected chi connectivity index (χ1v) is 17.9. The second-order valence-electron chi connectivity index (χ2n) is 12.7. The zero-order valence-corrected chi connectivity index (χ0v) is 26.9. The summed E-state index contributed by atoms with van der Waals surface area (Å²) in [7, 11) is 0. The summed E-state index contributed by atoms with van der Waals surface area (Å²) < 4.78 is 0. The molecule has 38 heavy (non-hydrogen) atoms. The zero-order chi connectivity index (χ0) is 27.9. The maximum absolute atomic E-state index is 11.0. The van der Waals surface area contributed by atoms with Gasteiger partial charge < -0.3 is 5.73 Å². The zero-order valence-electron chi connectivity index (χ0n) is 26.9. The highest BCUT2D eigenvalue weighted by atomic mass is 16.1. The number of amides is 1. The molecule has 2 heteroatoms. The van der Waals surface area contributed by atoms with Gasteiger partial charge in [0.2, 0.25) is 5.91 Å². The molecule has 0 aromatic carbocycles. The molecule has 0 aromatic rings. The van der Waals surface area contributed by atoms with Crippen LogP contribution in [-0.4, -0.2) is 5.91 Å². The van der Waals surface area contributed by atoms with Crippen molar-refractivity contribution in [3.8, 4) is 0 Å². The Labute approximate surface area is 241 Å². The van der Waals surface area contributed by atoms with Gasteiger partial charge in [-0.3, -0.25) is 4.79 Å². The monoisotopic (exact) mass is 536 g/mol. The maximum Gasteiger partial charge on any atom is 0.217 e. The summed E-state index contributed by atoms with van der Waals surface area (Å²) >= 11 is 0. The van der Waals surface area contributed by atoms with E-state index in [0.29, 0.717) is 6.42 Å². The van der Waals surface area contributed by atoms with Crippen LogP contribution in [0, 0.1) is 11.8 Å². The smallest absolute Gasteiger partial charge is 0.217 e. The summed E-state index contributed by atoms with van der Waals surface area (Å²) in [4.78, 5) is 11.0. The fraction of sp³-hybridized carbons (Fsp3) is 0.972. The molecule has 0 aromatic heterocycles. The molecular weight excluding hydrogens is 462 g/mol. The minimum absolute atomic E-state index is 0.136. The third-order valence-electron chi connectivity index (χ3n) is 8.95. The van der Waals surface area contributed by atoms with E-state index in [1.807, 2.05) is 0 Å². The lowest BCUT2D eigenvalue weighted by Gasteiger charge is -2.28. The molecule has 2 atom stereocenters. The van der Waals surface area contributed by atoms with Crippen LogP contribution in [0.5, 0.6) is 0 Å². The Morgan fingerprint density at radius 3 is 0.895 bits per heavy atom. The van der Waals surface area contributed by atoms with E-state index in [2.05, 4.69) is 20.8 Å². The van der Waals surface area contributed by atoms with Crippen LogP contribution >= 0.6 is 0 Å². The molecule has 0 bridgehead atoms. The van der Waals surface area contributed by atoms with Gasteiger partial charge in [-0.15, -0.1) is 0 Å². The third-order valence-corrected chi connectivity index (χ3v) is 8.95. The predicted molar refractivity (Wildman–Crippen MR) is 172 cm³/mol. The summed E-state index contributed by atoms with van der Waals surface area (Å²) in [5.41, 5.74) is 5.31. The molecule has 0 saturated heterocycles. The van der Waals surface area contributed by atoms with Gasteiger partial charge in [0.25, 0.3) is 0 Å². The van der Waals surface area contributed by atoms with E-state index in [0.717, 1.165) is 18.3 Å². The second-order valence-corrected chi connectivity index (χ2v) is 12.7. The van der Waals surface area contributed by atoms with Crippen molar-refractivity contribution in [1.29, 1.82) is 0 Å². The number of hydrogen-bond donors (Lipinski definition) is 1. The van der Waals surface area contributed by atoms with Crippen molar-refractivity contribution >= 4 is 5.91 Å². The molecule has 228 valence electrons. The first-order chi connectivity index (χ1) is 18.7. The third kappa shape index (κ3) is 27.1. The molecule has 0 fully saturated rings. The summed E-state index contributed by atoms with van der Waals surface area (Å²) in [5.74, 6) is 1.78. The highest BCUT2D eigenvalue weighted by Gasteiger charge is 2.20. The maximum atomic E-state index is 11.0. The first-order valence-electron chi connectivity index (χ1n) is 17.9. The van der Waals surface area contributed by atoms with Crippen LogP contribution in [0.4, 0.5) is 0 Å². The molecule has 2 N–H and O–H groups in total. The standard InChI is InChI=1S/C36H73NO/c1-4-7-10-13-16-20-25-30-34(29-24-19-15-12-9-6-3)35(31-26-21-17-14-11-8-5-2)32-27-22-18-23-28-33-36(37)38/h34-35H,4-33H2,1-3H3,(H2,37,38). The van der Waals surface area contributed by atoms with Gasteiger partial charge in [0.15, 0.2) is 0 Å². The van der Waals surface area contributed by atoms with Gasteiger partial charge in [-0.2, -0.15) is 0 Å². The van der Waals surface area contributed by atoms with Crippen molar-refractivity contribution in [3.05, 3.63) is 0 Å². The molecule has 0 rings (SSSR count). The molecule has 0 aliphatic heterocycles. The predicted octanol–water partition coefficient (Wildman–Crippen LogP) is 12.5. The minimum Gasteiger partial charge on any atom is -0.370 e. The van der Waals surface area contributed by atoms with E-state index < -0.39 is 0 Å². The number of carbonyl (C=O) groups is 1. The van der Waals surface area contributed by atoms with E-state index in [1.165, 1.54) is 180 Å². The molecule has 1 amide bonds. The molecule has 0 aliphatic carbocycles. The summed E-state index contributed by atoms with van der Waals surface area (Å²) in [5, 5.41) is 0. The number of primary amides is 1. The largest absolute Gasteiger partial charge is 0.370 e. The van der Waals surface area contributed by atoms with Crippen molar-refractivity contribution in [2.24, 2.45) is 17.6 Å². The lowest BCUT2D eigenvalue weighted by atomic mass is 9.78. The van der Waals surface area contributed by atoms with Gasteiger partial charge in [0, 0.05) is 6.42 Å². The van der Waals surface area contributed by atoms with Crippen molar-refractivity contribution in [3.63, 3.8) is 0 Å². The Hall–Kier alpha value is -0.530. The molecule has 2 nitrogen and oxygen atoms in total. The Bertz CT molecular complexity index is 462. The van der Waals surface area contributed by atoms with Gasteiger partial charge in [0.05, 0.1) is 0 Å². The topological polar surface area (TPSA) is 43.1 Å². The van der Waals surface area contributed by atoms with Crippen molar-refractivity contribution < 1.29 is 4.79 Å². The van der Waals surface area contributed by atoms with Gasteiger partial charge >= 0.3 is 0 Å². The molecule has 0 heterocycles. The Morgan fingerprint density at radius 1 is 0.395 bits per heavy atom. The molecule has 0 spiro atoms. The Balaban J connectivity index is 4.73. The Kier molecular flexibility index (Phi) is 30.6.